The highest BCUT2D eigenvalue weighted by molar-refractivity contribution is 5.83. The van der Waals surface area contributed by atoms with E-state index in [4.69, 9.17) is 16.5 Å². The molecule has 0 bridgehead atoms. The fourth-order valence-electron chi connectivity index (χ4n) is 3.28. The van der Waals surface area contributed by atoms with Crippen LogP contribution in [0.2, 0.25) is 0 Å². The summed E-state index contributed by atoms with van der Waals surface area (Å²) in [6.07, 6.45) is 9.09. The minimum absolute atomic E-state index is 0.436. The van der Waals surface area contributed by atoms with Crippen LogP contribution in [0.5, 0.6) is 0 Å². The van der Waals surface area contributed by atoms with Crippen LogP contribution in [-0.2, 0) is 7.05 Å². The zero-order valence-corrected chi connectivity index (χ0v) is 14.4. The molecule has 0 unspecified atom stereocenters. The Labute approximate surface area is 149 Å². The minimum atomic E-state index is 0.436. The maximum Gasteiger partial charge on any atom is 0.155 e. The van der Waals surface area contributed by atoms with Gasteiger partial charge in [0.15, 0.2) is 5.82 Å². The van der Waals surface area contributed by atoms with Gasteiger partial charge in [-0.15, -0.1) is 0 Å². The van der Waals surface area contributed by atoms with Crippen molar-refractivity contribution in [1.82, 2.24) is 34.2 Å². The minimum Gasteiger partial charge on any atom is -0.384 e. The number of nitrogen functional groups attached to an aromatic ring is 2. The number of rotatable bonds is 3. The van der Waals surface area contributed by atoms with Gasteiger partial charge in [0.05, 0.1) is 29.5 Å². The van der Waals surface area contributed by atoms with E-state index in [1.165, 1.54) is 6.42 Å². The third-order valence-corrected chi connectivity index (χ3v) is 5.03. The molecule has 4 aromatic heterocycles. The summed E-state index contributed by atoms with van der Waals surface area (Å²) in [6, 6.07) is 4.15. The van der Waals surface area contributed by atoms with Crippen molar-refractivity contribution in [2.24, 2.45) is 7.05 Å². The Balaban J connectivity index is 1.69. The van der Waals surface area contributed by atoms with Crippen LogP contribution < -0.4 is 11.5 Å². The van der Waals surface area contributed by atoms with Gasteiger partial charge in [-0.1, -0.05) is 0 Å². The SMILES string of the molecule is Cn1nc(-c2cn3nccc3c(-c3cn(C4CCC4)nc3N)n2)cc1N. The maximum absolute atomic E-state index is 6.23. The van der Waals surface area contributed by atoms with Crippen LogP contribution in [0.15, 0.2) is 30.7 Å². The molecule has 0 amide bonds. The van der Waals surface area contributed by atoms with E-state index >= 15 is 0 Å². The summed E-state index contributed by atoms with van der Waals surface area (Å²) in [5.74, 6) is 1.05. The molecule has 1 aliphatic rings. The third-order valence-electron chi connectivity index (χ3n) is 5.03. The van der Waals surface area contributed by atoms with Gasteiger partial charge in [0.1, 0.15) is 22.9 Å². The molecule has 26 heavy (non-hydrogen) atoms. The Morgan fingerprint density at radius 2 is 1.96 bits per heavy atom. The van der Waals surface area contributed by atoms with Gasteiger partial charge in [-0.05, 0) is 25.3 Å². The molecule has 132 valence electrons. The average molecular weight is 349 g/mol. The highest BCUT2D eigenvalue weighted by Gasteiger charge is 2.23. The van der Waals surface area contributed by atoms with Crippen molar-refractivity contribution >= 4 is 17.2 Å². The van der Waals surface area contributed by atoms with Crippen LogP contribution in [0.25, 0.3) is 28.2 Å². The Morgan fingerprint density at radius 1 is 1.12 bits per heavy atom. The van der Waals surface area contributed by atoms with Crippen molar-refractivity contribution in [1.29, 1.82) is 0 Å². The molecular weight excluding hydrogens is 330 g/mol. The standard InChI is InChI=1S/C17H19N9/c1-24-15(18)7-12(22-24)13-9-26-14(5-6-20-26)16(21-13)11-8-25(23-17(11)19)10-3-2-4-10/h5-10H,2-4,18H2,1H3,(H2,19,23). The number of aromatic nitrogens is 7. The Morgan fingerprint density at radius 3 is 2.65 bits per heavy atom. The highest BCUT2D eigenvalue weighted by atomic mass is 15.3. The first-order chi connectivity index (χ1) is 12.6. The van der Waals surface area contributed by atoms with Crippen molar-refractivity contribution in [3.05, 3.63) is 30.7 Å². The van der Waals surface area contributed by atoms with Gasteiger partial charge in [-0.3, -0.25) is 9.36 Å². The van der Waals surface area contributed by atoms with Crippen molar-refractivity contribution in [2.75, 3.05) is 11.5 Å². The molecule has 0 radical (unpaired) electrons. The van der Waals surface area contributed by atoms with Gasteiger partial charge in [0, 0.05) is 19.3 Å². The van der Waals surface area contributed by atoms with Gasteiger partial charge < -0.3 is 11.5 Å². The summed E-state index contributed by atoms with van der Waals surface area (Å²) >= 11 is 0. The van der Waals surface area contributed by atoms with Crippen LogP contribution in [0.4, 0.5) is 11.6 Å². The van der Waals surface area contributed by atoms with E-state index in [9.17, 15) is 0 Å². The van der Waals surface area contributed by atoms with E-state index in [-0.39, 0.29) is 0 Å². The molecule has 1 fully saturated rings. The molecular formula is C17H19N9. The van der Waals surface area contributed by atoms with Crippen LogP contribution in [-0.4, -0.2) is 34.2 Å². The number of hydrogen-bond acceptors (Lipinski definition) is 6. The Hall–Kier alpha value is -3.36. The number of nitrogens with two attached hydrogens (primary N) is 2. The van der Waals surface area contributed by atoms with E-state index in [0.717, 1.165) is 29.6 Å². The first kappa shape index (κ1) is 14.9. The largest absolute Gasteiger partial charge is 0.384 e. The van der Waals surface area contributed by atoms with Crippen LogP contribution in [0.3, 0.4) is 0 Å². The number of anilines is 2. The van der Waals surface area contributed by atoms with E-state index in [1.807, 2.05) is 23.1 Å². The number of hydrogen-bond donors (Lipinski definition) is 2. The van der Waals surface area contributed by atoms with Crippen molar-refractivity contribution in [3.8, 4) is 22.6 Å². The molecule has 4 heterocycles. The summed E-state index contributed by atoms with van der Waals surface area (Å²) in [6.45, 7) is 0. The second-order valence-electron chi connectivity index (χ2n) is 6.71. The molecule has 4 N–H and O–H groups in total. The first-order valence-corrected chi connectivity index (χ1v) is 8.59. The predicted octanol–water partition coefficient (Wildman–Crippen LogP) is 1.88. The number of fused-ring (bicyclic) bond motifs is 1. The van der Waals surface area contributed by atoms with E-state index in [1.54, 1.807) is 28.5 Å². The smallest absolute Gasteiger partial charge is 0.155 e. The van der Waals surface area contributed by atoms with Gasteiger partial charge in [-0.2, -0.15) is 15.3 Å². The lowest BCUT2D eigenvalue weighted by Gasteiger charge is -2.25. The summed E-state index contributed by atoms with van der Waals surface area (Å²) in [5.41, 5.74) is 15.9. The van der Waals surface area contributed by atoms with Crippen LogP contribution in [0, 0.1) is 0 Å². The molecule has 0 aromatic carbocycles. The Bertz CT molecular complexity index is 1090. The van der Waals surface area contributed by atoms with Gasteiger partial charge in [0.2, 0.25) is 0 Å². The monoisotopic (exact) mass is 349 g/mol. The van der Waals surface area contributed by atoms with Crippen LogP contribution >= 0.6 is 0 Å². The number of nitrogens with zero attached hydrogens (tertiary/aromatic N) is 7. The zero-order valence-electron chi connectivity index (χ0n) is 14.4. The summed E-state index contributed by atoms with van der Waals surface area (Å²) in [5, 5.41) is 13.3. The summed E-state index contributed by atoms with van der Waals surface area (Å²) in [4.78, 5) is 4.82. The predicted molar refractivity (Wildman–Crippen MR) is 98.1 cm³/mol. The van der Waals surface area contributed by atoms with Crippen molar-refractivity contribution in [3.63, 3.8) is 0 Å². The van der Waals surface area contributed by atoms with Crippen LogP contribution in [0.1, 0.15) is 25.3 Å². The molecule has 0 aliphatic heterocycles. The molecule has 1 aliphatic carbocycles. The lowest BCUT2D eigenvalue weighted by Crippen LogP contribution is -2.17. The quantitative estimate of drug-likeness (QED) is 0.583. The molecule has 0 atom stereocenters. The Kier molecular flexibility index (Phi) is 3.05. The van der Waals surface area contributed by atoms with E-state index in [2.05, 4.69) is 15.3 Å². The molecule has 0 saturated heterocycles. The fraction of sp³-hybridized carbons (Fsp3) is 0.294. The second kappa shape index (κ2) is 5.32. The van der Waals surface area contributed by atoms with Crippen molar-refractivity contribution < 1.29 is 0 Å². The molecule has 1 saturated carbocycles. The maximum atomic E-state index is 6.23. The van der Waals surface area contributed by atoms with Gasteiger partial charge in [-0.25, -0.2) is 9.50 Å². The van der Waals surface area contributed by atoms with Crippen molar-refractivity contribution in [2.45, 2.75) is 25.3 Å². The van der Waals surface area contributed by atoms with Gasteiger partial charge >= 0.3 is 0 Å². The third kappa shape index (κ3) is 2.17. The molecule has 5 rings (SSSR count). The lowest BCUT2D eigenvalue weighted by atomic mass is 9.93. The average Bonchev–Trinajstić information content (AvgIpc) is 3.25. The fourth-order valence-corrected chi connectivity index (χ4v) is 3.28. The number of aryl methyl sites for hydroxylation is 1. The second-order valence-corrected chi connectivity index (χ2v) is 6.71. The molecule has 0 spiro atoms. The topological polar surface area (TPSA) is 118 Å². The normalized spacial score (nSPS) is 14.8. The molecule has 4 aromatic rings. The lowest BCUT2D eigenvalue weighted by molar-refractivity contribution is 0.290. The highest BCUT2D eigenvalue weighted by Crippen LogP contribution is 2.35. The van der Waals surface area contributed by atoms with Gasteiger partial charge in [0.25, 0.3) is 0 Å². The molecule has 9 nitrogen and oxygen atoms in total. The van der Waals surface area contributed by atoms with E-state index < -0.39 is 0 Å². The summed E-state index contributed by atoms with van der Waals surface area (Å²) < 4.78 is 5.36. The van der Waals surface area contributed by atoms with E-state index in [0.29, 0.717) is 29.1 Å². The zero-order chi connectivity index (χ0) is 17.8. The first-order valence-electron chi connectivity index (χ1n) is 8.59. The molecule has 9 heteroatoms. The summed E-state index contributed by atoms with van der Waals surface area (Å²) in [7, 11) is 1.80.